The maximum Gasteiger partial charge on any atom is 0.248 e. The Hall–Kier alpha value is -3.08. The third kappa shape index (κ3) is 3.15. The lowest BCUT2D eigenvalue weighted by Gasteiger charge is -2.05. The maximum atomic E-state index is 12.7. The molecule has 0 spiro atoms. The number of aromatic nitrogens is 2. The second-order valence-corrected chi connectivity index (χ2v) is 4.62. The number of nitrogens with one attached hydrogen (secondary N) is 1. The predicted octanol–water partition coefficient (Wildman–Crippen LogP) is 3.42. The van der Waals surface area contributed by atoms with Gasteiger partial charge in [-0.15, -0.1) is 0 Å². The molecule has 0 atom stereocenters. The van der Waals surface area contributed by atoms with E-state index in [1.165, 1.54) is 18.3 Å². The van der Waals surface area contributed by atoms with Crippen LogP contribution in [-0.4, -0.2) is 15.9 Å². The van der Waals surface area contributed by atoms with Crippen LogP contribution >= 0.6 is 0 Å². The van der Waals surface area contributed by atoms with E-state index in [2.05, 4.69) is 15.3 Å². The highest BCUT2D eigenvalue weighted by Crippen LogP contribution is 2.20. The van der Waals surface area contributed by atoms with Crippen LogP contribution in [0.4, 0.5) is 10.1 Å². The molecule has 1 aromatic carbocycles. The first-order chi connectivity index (χ1) is 10.7. The van der Waals surface area contributed by atoms with Crippen LogP contribution in [0.5, 0.6) is 0 Å². The van der Waals surface area contributed by atoms with E-state index in [1.807, 2.05) is 24.3 Å². The molecular weight excluding hydrogens is 281 g/mol. The van der Waals surface area contributed by atoms with Crippen molar-refractivity contribution in [3.63, 3.8) is 0 Å². The number of anilines is 1. The SMILES string of the molecule is O=C(/C=C\c1ccc(F)nc1)Nc1cccc2cccnc12. The molecule has 2 heterocycles. The molecule has 3 rings (SSSR count). The molecule has 0 aliphatic heterocycles. The Morgan fingerprint density at radius 2 is 1.95 bits per heavy atom. The number of hydrogen-bond donors (Lipinski definition) is 1. The number of rotatable bonds is 3. The minimum atomic E-state index is -0.552. The molecule has 0 fully saturated rings. The van der Waals surface area contributed by atoms with E-state index in [0.29, 0.717) is 11.3 Å². The van der Waals surface area contributed by atoms with Crippen LogP contribution in [0.2, 0.25) is 0 Å². The van der Waals surface area contributed by atoms with Crippen molar-refractivity contribution < 1.29 is 9.18 Å². The quantitative estimate of drug-likeness (QED) is 0.594. The average molecular weight is 293 g/mol. The van der Waals surface area contributed by atoms with Crippen LogP contribution in [0.15, 0.2) is 60.9 Å². The fourth-order valence-electron chi connectivity index (χ4n) is 2.04. The van der Waals surface area contributed by atoms with E-state index < -0.39 is 5.95 Å². The lowest BCUT2D eigenvalue weighted by Crippen LogP contribution is -2.08. The number of para-hydroxylation sites is 1. The number of fused-ring (bicyclic) bond motifs is 1. The van der Waals surface area contributed by atoms with Crippen molar-refractivity contribution in [2.45, 2.75) is 0 Å². The minimum Gasteiger partial charge on any atom is -0.321 e. The second-order valence-electron chi connectivity index (χ2n) is 4.62. The summed E-state index contributed by atoms with van der Waals surface area (Å²) < 4.78 is 12.7. The van der Waals surface area contributed by atoms with Crippen LogP contribution < -0.4 is 5.32 Å². The normalized spacial score (nSPS) is 11.0. The molecule has 0 bridgehead atoms. The third-order valence-corrected chi connectivity index (χ3v) is 3.07. The third-order valence-electron chi connectivity index (χ3n) is 3.07. The van der Waals surface area contributed by atoms with Crippen molar-refractivity contribution in [3.8, 4) is 0 Å². The predicted molar refractivity (Wildman–Crippen MR) is 83.6 cm³/mol. The number of amides is 1. The molecule has 0 unspecified atom stereocenters. The highest BCUT2D eigenvalue weighted by molar-refractivity contribution is 6.06. The Balaban J connectivity index is 1.77. The summed E-state index contributed by atoms with van der Waals surface area (Å²) in [7, 11) is 0. The summed E-state index contributed by atoms with van der Waals surface area (Å²) in [6.07, 6.45) is 5.98. The van der Waals surface area contributed by atoms with Crippen molar-refractivity contribution in [1.29, 1.82) is 0 Å². The van der Waals surface area contributed by atoms with Gasteiger partial charge < -0.3 is 5.32 Å². The van der Waals surface area contributed by atoms with Gasteiger partial charge in [0, 0.05) is 23.9 Å². The van der Waals surface area contributed by atoms with Gasteiger partial charge >= 0.3 is 0 Å². The Labute approximate surface area is 126 Å². The number of nitrogens with zero attached hydrogens (tertiary/aromatic N) is 2. The number of benzene rings is 1. The molecule has 0 aliphatic carbocycles. The summed E-state index contributed by atoms with van der Waals surface area (Å²) >= 11 is 0. The van der Waals surface area contributed by atoms with Gasteiger partial charge in [0.15, 0.2) is 0 Å². The highest BCUT2D eigenvalue weighted by atomic mass is 19.1. The molecule has 3 aromatic rings. The Bertz CT molecular complexity index is 839. The lowest BCUT2D eigenvalue weighted by molar-refractivity contribution is -0.111. The summed E-state index contributed by atoms with van der Waals surface area (Å²) in [5, 5.41) is 3.73. The number of carbonyl (C=O) groups excluding carboxylic acids is 1. The monoisotopic (exact) mass is 293 g/mol. The van der Waals surface area contributed by atoms with Crippen LogP contribution in [0.3, 0.4) is 0 Å². The smallest absolute Gasteiger partial charge is 0.248 e. The van der Waals surface area contributed by atoms with Gasteiger partial charge in [0.1, 0.15) is 0 Å². The Kier molecular flexibility index (Phi) is 3.87. The Morgan fingerprint density at radius 3 is 2.77 bits per heavy atom. The van der Waals surface area contributed by atoms with Crippen molar-refractivity contribution >= 4 is 28.6 Å². The zero-order valence-corrected chi connectivity index (χ0v) is 11.5. The van der Waals surface area contributed by atoms with Gasteiger partial charge in [-0.2, -0.15) is 4.39 Å². The molecule has 0 radical (unpaired) electrons. The van der Waals surface area contributed by atoms with Gasteiger partial charge in [-0.1, -0.05) is 18.2 Å². The molecule has 0 saturated heterocycles. The van der Waals surface area contributed by atoms with Crippen LogP contribution in [0, 0.1) is 5.95 Å². The number of hydrogen-bond acceptors (Lipinski definition) is 3. The first-order valence-electron chi connectivity index (χ1n) is 6.67. The van der Waals surface area contributed by atoms with E-state index in [9.17, 15) is 9.18 Å². The molecule has 5 heteroatoms. The molecule has 22 heavy (non-hydrogen) atoms. The molecule has 108 valence electrons. The van der Waals surface area contributed by atoms with Crippen molar-refractivity contribution in [3.05, 3.63) is 72.4 Å². The molecule has 0 aliphatic rings. The summed E-state index contributed by atoms with van der Waals surface area (Å²) in [5.74, 6) is -0.842. The second kappa shape index (κ2) is 6.13. The van der Waals surface area contributed by atoms with Crippen molar-refractivity contribution in [2.75, 3.05) is 5.32 Å². The summed E-state index contributed by atoms with van der Waals surface area (Å²) in [4.78, 5) is 19.8. The van der Waals surface area contributed by atoms with E-state index in [0.717, 1.165) is 10.9 Å². The summed E-state index contributed by atoms with van der Waals surface area (Å²) in [5.41, 5.74) is 2.02. The summed E-state index contributed by atoms with van der Waals surface area (Å²) in [6, 6.07) is 12.1. The van der Waals surface area contributed by atoms with Crippen molar-refractivity contribution in [2.24, 2.45) is 0 Å². The van der Waals surface area contributed by atoms with Gasteiger partial charge in [-0.3, -0.25) is 9.78 Å². The molecule has 2 aromatic heterocycles. The number of carbonyl (C=O) groups is 1. The van der Waals surface area contributed by atoms with Crippen LogP contribution in [0.25, 0.3) is 17.0 Å². The highest BCUT2D eigenvalue weighted by Gasteiger charge is 2.03. The van der Waals surface area contributed by atoms with Gasteiger partial charge in [-0.25, -0.2) is 4.98 Å². The number of halogens is 1. The average Bonchev–Trinajstić information content (AvgIpc) is 2.55. The van der Waals surface area contributed by atoms with Gasteiger partial charge in [-0.05, 0) is 35.9 Å². The van der Waals surface area contributed by atoms with E-state index in [1.54, 1.807) is 24.4 Å². The number of pyridine rings is 2. The summed E-state index contributed by atoms with van der Waals surface area (Å²) in [6.45, 7) is 0. The zero-order chi connectivity index (χ0) is 15.4. The van der Waals surface area contributed by atoms with E-state index >= 15 is 0 Å². The van der Waals surface area contributed by atoms with Crippen LogP contribution in [-0.2, 0) is 4.79 Å². The first kappa shape index (κ1) is 13.9. The minimum absolute atomic E-state index is 0.289. The molecule has 1 amide bonds. The van der Waals surface area contributed by atoms with Crippen LogP contribution in [0.1, 0.15) is 5.56 Å². The van der Waals surface area contributed by atoms with E-state index in [-0.39, 0.29) is 5.91 Å². The largest absolute Gasteiger partial charge is 0.321 e. The first-order valence-corrected chi connectivity index (χ1v) is 6.67. The van der Waals surface area contributed by atoms with Gasteiger partial charge in [0.05, 0.1) is 11.2 Å². The molecule has 4 nitrogen and oxygen atoms in total. The standard InChI is InChI=1S/C17H12FN3O/c18-15-8-6-12(11-20-15)7-9-16(22)21-14-5-1-3-13-4-2-10-19-17(13)14/h1-11H,(H,21,22)/b9-7-. The zero-order valence-electron chi connectivity index (χ0n) is 11.5. The van der Waals surface area contributed by atoms with E-state index in [4.69, 9.17) is 0 Å². The maximum absolute atomic E-state index is 12.7. The fourth-order valence-corrected chi connectivity index (χ4v) is 2.04. The molecular formula is C17H12FN3O. The fraction of sp³-hybridized carbons (Fsp3) is 0. The molecule has 0 saturated carbocycles. The Morgan fingerprint density at radius 1 is 1.09 bits per heavy atom. The van der Waals surface area contributed by atoms with Crippen molar-refractivity contribution in [1.82, 2.24) is 9.97 Å². The molecule has 1 N–H and O–H groups in total. The topological polar surface area (TPSA) is 54.9 Å². The van der Waals surface area contributed by atoms with Gasteiger partial charge in [0.2, 0.25) is 11.9 Å². The lowest BCUT2D eigenvalue weighted by atomic mass is 10.2. The van der Waals surface area contributed by atoms with Gasteiger partial charge in [0.25, 0.3) is 0 Å².